The van der Waals surface area contributed by atoms with Gasteiger partial charge < -0.3 is 0 Å². The van der Waals surface area contributed by atoms with Crippen LogP contribution >= 0.6 is 0 Å². The number of hydrogen-bond donors (Lipinski definition) is 0. The lowest BCUT2D eigenvalue weighted by Gasteiger charge is -1.93. The number of hydrogen-bond acceptors (Lipinski definition) is 2. The Bertz CT molecular complexity index is 568. The van der Waals surface area contributed by atoms with Gasteiger partial charge in [0.15, 0.2) is 0 Å². The Morgan fingerprint density at radius 2 is 1.11 bits per heavy atom. The van der Waals surface area contributed by atoms with Gasteiger partial charge in [0.25, 0.3) is 0 Å². The number of nitrogens with zero attached hydrogens (tertiary/aromatic N) is 2. The molecule has 1 aromatic carbocycles. The molecule has 0 atom stereocenters. The molecule has 28 heavy (non-hydrogen) atoms. The largest absolute Gasteiger partial charge is 0.265 e. The van der Waals surface area contributed by atoms with Crippen LogP contribution in [0.25, 0.3) is 0 Å². The molecule has 0 saturated heterocycles. The number of aryl methyl sites for hydroxylation is 3. The lowest BCUT2D eigenvalue weighted by molar-refractivity contribution is 0.883. The first-order chi connectivity index (χ1) is 13.3. The van der Waals surface area contributed by atoms with E-state index in [4.69, 9.17) is 0 Å². The number of rotatable bonds is 6. The molecule has 0 bridgehead atoms. The Labute approximate surface area is 173 Å². The lowest BCUT2D eigenvalue weighted by atomic mass is 10.1. The summed E-state index contributed by atoms with van der Waals surface area (Å²) in [7, 11) is 0. The Balaban J connectivity index is 0.000000384. The second kappa shape index (κ2) is 17.9. The highest BCUT2D eigenvalue weighted by Gasteiger charge is 1.87. The van der Waals surface area contributed by atoms with Gasteiger partial charge >= 0.3 is 0 Å². The zero-order valence-corrected chi connectivity index (χ0v) is 17.1. The van der Waals surface area contributed by atoms with Gasteiger partial charge in [0, 0.05) is 24.3 Å². The monoisotopic (exact) mass is 378 g/mol. The molecule has 3 rings (SSSR count). The average Bonchev–Trinajstić information content (AvgIpc) is 2.72. The van der Waals surface area contributed by atoms with Crippen molar-refractivity contribution in [3.8, 4) is 0 Å². The van der Waals surface area contributed by atoms with Crippen LogP contribution in [0, 0.1) is 0 Å². The van der Waals surface area contributed by atoms with Crippen LogP contribution in [0.1, 0.15) is 64.3 Å². The summed E-state index contributed by atoms with van der Waals surface area (Å²) in [6.45, 7) is 6.54. The number of benzene rings is 1. The van der Waals surface area contributed by atoms with Gasteiger partial charge in [0.05, 0.1) is 0 Å². The van der Waals surface area contributed by atoms with E-state index in [1.165, 1.54) is 48.9 Å². The van der Waals surface area contributed by atoms with E-state index in [9.17, 15) is 0 Å². The smallest absolute Gasteiger partial charge is 0.0403 e. The maximum atomic E-state index is 4.17. The first kappa shape index (κ1) is 25.5. The first-order valence-electron chi connectivity index (χ1n) is 10.1. The van der Waals surface area contributed by atoms with Crippen molar-refractivity contribution in [3.63, 3.8) is 0 Å². The van der Waals surface area contributed by atoms with Crippen molar-refractivity contribution in [2.24, 2.45) is 0 Å². The summed E-state index contributed by atoms with van der Waals surface area (Å²) in [6, 6.07) is 20.7. The van der Waals surface area contributed by atoms with Crippen molar-refractivity contribution in [1.29, 1.82) is 0 Å². The molecule has 2 heteroatoms. The third kappa shape index (κ3) is 12.8. The average molecular weight is 379 g/mol. The molecule has 0 fully saturated rings. The topological polar surface area (TPSA) is 25.8 Å². The Morgan fingerprint density at radius 1 is 0.571 bits per heavy atom. The van der Waals surface area contributed by atoms with Gasteiger partial charge in [-0.3, -0.25) is 9.97 Å². The molecule has 0 unspecified atom stereocenters. The Kier molecular flexibility index (Phi) is 16.3. The molecule has 2 heterocycles. The van der Waals surface area contributed by atoms with E-state index in [0.29, 0.717) is 0 Å². The summed E-state index contributed by atoms with van der Waals surface area (Å²) < 4.78 is 0. The molecule has 0 aliphatic rings. The zero-order valence-electron chi connectivity index (χ0n) is 17.1. The third-order valence-corrected chi connectivity index (χ3v) is 3.90. The second-order valence-electron chi connectivity index (χ2n) is 6.41. The maximum Gasteiger partial charge on any atom is 0.0403 e. The van der Waals surface area contributed by atoms with E-state index in [1.807, 2.05) is 30.7 Å². The van der Waals surface area contributed by atoms with Crippen molar-refractivity contribution >= 4 is 0 Å². The van der Waals surface area contributed by atoms with E-state index >= 15 is 0 Å². The van der Waals surface area contributed by atoms with Gasteiger partial charge in [-0.05, 0) is 54.7 Å². The van der Waals surface area contributed by atoms with Crippen molar-refractivity contribution < 1.29 is 0 Å². The quantitative estimate of drug-likeness (QED) is 0.448. The van der Waals surface area contributed by atoms with Gasteiger partial charge in [-0.15, -0.1) is 0 Å². The minimum Gasteiger partial charge on any atom is -0.265 e. The lowest BCUT2D eigenvalue weighted by Crippen LogP contribution is -1.84. The third-order valence-electron chi connectivity index (χ3n) is 3.90. The van der Waals surface area contributed by atoms with E-state index < -0.39 is 0 Å². The summed E-state index contributed by atoms with van der Waals surface area (Å²) in [5.74, 6) is 0. The van der Waals surface area contributed by atoms with Gasteiger partial charge in [0.2, 0.25) is 0 Å². The van der Waals surface area contributed by atoms with Crippen LogP contribution in [-0.2, 0) is 19.3 Å². The molecule has 0 N–H and O–H groups in total. The van der Waals surface area contributed by atoms with Crippen molar-refractivity contribution in [2.75, 3.05) is 0 Å². The van der Waals surface area contributed by atoms with Gasteiger partial charge in [-0.1, -0.05) is 83.9 Å². The van der Waals surface area contributed by atoms with E-state index in [-0.39, 0.29) is 7.43 Å². The van der Waals surface area contributed by atoms with Crippen molar-refractivity contribution in [3.05, 3.63) is 96.1 Å². The van der Waals surface area contributed by atoms with Crippen LogP contribution in [0.5, 0.6) is 0 Å². The fourth-order valence-electron chi connectivity index (χ4n) is 2.57. The molecule has 0 aliphatic carbocycles. The van der Waals surface area contributed by atoms with E-state index in [0.717, 1.165) is 6.42 Å². The molecule has 152 valence electrons. The molecular weight excluding hydrogens is 340 g/mol. The summed E-state index contributed by atoms with van der Waals surface area (Å²) in [6.07, 6.45) is 12.6. The molecule has 0 aliphatic heterocycles. The van der Waals surface area contributed by atoms with Crippen molar-refractivity contribution in [1.82, 2.24) is 9.97 Å². The molecule has 0 spiro atoms. The standard InChI is InChI=1S/C9H12.2C8H11N.CH4/c1-2-6-9-7-4-3-5-8-9;1-2-5-8-6-3-4-7-9-8;1-2-3-8-4-6-9-7-5-8;/h3-5,7-8H,2,6H2,1H3;3-4,6-7H,2,5H2,1H3;4-7H,2-3H2,1H3;1H4. The highest BCUT2D eigenvalue weighted by Crippen LogP contribution is 2.00. The van der Waals surface area contributed by atoms with Crippen LogP contribution in [0.2, 0.25) is 0 Å². The second-order valence-corrected chi connectivity index (χ2v) is 6.41. The molecule has 0 amide bonds. The Morgan fingerprint density at radius 3 is 1.61 bits per heavy atom. The van der Waals surface area contributed by atoms with Crippen LogP contribution in [0.4, 0.5) is 0 Å². The summed E-state index contributed by atoms with van der Waals surface area (Å²) in [5.41, 5.74) is 4.02. The number of aromatic nitrogens is 2. The van der Waals surface area contributed by atoms with E-state index in [1.54, 1.807) is 0 Å². The highest BCUT2D eigenvalue weighted by atomic mass is 14.7. The van der Waals surface area contributed by atoms with Crippen LogP contribution in [0.15, 0.2) is 79.3 Å². The minimum absolute atomic E-state index is 0. The zero-order chi connectivity index (χ0) is 19.6. The fourth-order valence-corrected chi connectivity index (χ4v) is 2.57. The molecule has 2 nitrogen and oxygen atoms in total. The predicted molar refractivity (Wildman–Crippen MR) is 124 cm³/mol. The summed E-state index contributed by atoms with van der Waals surface area (Å²) >= 11 is 0. The first-order valence-corrected chi connectivity index (χ1v) is 10.1. The SMILES string of the molecule is C.CCCc1ccccc1.CCCc1ccccn1.CCCc1ccncc1. The molecule has 2 aromatic heterocycles. The normalized spacial score (nSPS) is 9.11. The molecular formula is C26H38N2. The van der Waals surface area contributed by atoms with Crippen LogP contribution in [-0.4, -0.2) is 9.97 Å². The van der Waals surface area contributed by atoms with Gasteiger partial charge in [-0.2, -0.15) is 0 Å². The Hall–Kier alpha value is -2.48. The van der Waals surface area contributed by atoms with Gasteiger partial charge in [0.1, 0.15) is 0 Å². The van der Waals surface area contributed by atoms with Crippen LogP contribution < -0.4 is 0 Å². The fraction of sp³-hybridized carbons (Fsp3) is 0.385. The minimum atomic E-state index is 0. The van der Waals surface area contributed by atoms with Crippen molar-refractivity contribution in [2.45, 2.75) is 66.7 Å². The predicted octanol–water partition coefficient (Wildman–Crippen LogP) is 7.34. The van der Waals surface area contributed by atoms with E-state index in [2.05, 4.69) is 79.3 Å². The maximum absolute atomic E-state index is 4.17. The van der Waals surface area contributed by atoms with Gasteiger partial charge in [-0.25, -0.2) is 0 Å². The number of pyridine rings is 2. The molecule has 3 aromatic rings. The molecule has 0 radical (unpaired) electrons. The summed E-state index contributed by atoms with van der Waals surface area (Å²) in [5, 5.41) is 0. The molecule has 0 saturated carbocycles. The summed E-state index contributed by atoms with van der Waals surface area (Å²) in [4.78, 5) is 8.10. The van der Waals surface area contributed by atoms with Crippen LogP contribution in [0.3, 0.4) is 0 Å². The highest BCUT2D eigenvalue weighted by molar-refractivity contribution is 5.14.